The quantitative estimate of drug-likeness (QED) is 0.790. The molecule has 0 fully saturated rings. The molecule has 0 amide bonds. The summed E-state index contributed by atoms with van der Waals surface area (Å²) in [6.07, 6.45) is 2.81. The number of rotatable bonds is 2. The Morgan fingerprint density at radius 2 is 2.04 bits per heavy atom. The minimum Gasteiger partial charge on any atom is -0.382 e. The number of nitrogens with two attached hydrogens (primary N) is 1. The average Bonchev–Trinajstić information content (AvgIpc) is 3.07. The normalized spacial score (nSPS) is 13.2. The summed E-state index contributed by atoms with van der Waals surface area (Å²) in [5, 5.41) is 9.28. The molecule has 0 radical (unpaired) electrons. The molecule has 0 aliphatic carbocycles. The molecule has 3 aromatic heterocycles. The maximum Gasteiger partial charge on any atom is 0.146 e. The van der Waals surface area contributed by atoms with Gasteiger partial charge in [-0.05, 0) is 39.3 Å². The van der Waals surface area contributed by atoms with Crippen LogP contribution >= 0.6 is 0 Å². The van der Waals surface area contributed by atoms with Crippen molar-refractivity contribution >= 4 is 5.82 Å². The van der Waals surface area contributed by atoms with Gasteiger partial charge in [0, 0.05) is 41.7 Å². The minimum atomic E-state index is 0.263. The van der Waals surface area contributed by atoms with Gasteiger partial charge < -0.3 is 5.73 Å². The number of aromatic nitrogens is 5. The van der Waals surface area contributed by atoms with Crippen molar-refractivity contribution in [3.63, 3.8) is 0 Å². The van der Waals surface area contributed by atoms with E-state index in [4.69, 9.17) is 10.8 Å². The summed E-state index contributed by atoms with van der Waals surface area (Å²) < 4.78 is 4.06. The van der Waals surface area contributed by atoms with Crippen LogP contribution in [0.1, 0.15) is 31.1 Å². The first-order chi connectivity index (χ1) is 11.0. The van der Waals surface area contributed by atoms with Crippen LogP contribution < -0.4 is 5.73 Å². The van der Waals surface area contributed by atoms with E-state index in [1.54, 1.807) is 0 Å². The fraction of sp³-hybridized carbons (Fsp3) is 0.353. The molecule has 0 aromatic carbocycles. The molecule has 4 rings (SSSR count). The SMILES string of the molecule is Cc1ccc(-c2nn(C(C)C)c3c2CCn2nc(N)cc2-3)cn1. The largest absolute Gasteiger partial charge is 0.382 e. The molecule has 2 N–H and O–H groups in total. The molecular weight excluding hydrogens is 288 g/mol. The highest BCUT2D eigenvalue weighted by Crippen LogP contribution is 2.38. The zero-order valence-corrected chi connectivity index (χ0v) is 13.6. The van der Waals surface area contributed by atoms with Gasteiger partial charge in [0.05, 0.1) is 17.1 Å². The second-order valence-corrected chi connectivity index (χ2v) is 6.33. The third-order valence-corrected chi connectivity index (χ3v) is 4.30. The van der Waals surface area contributed by atoms with Crippen LogP contribution in [0, 0.1) is 6.92 Å². The topological polar surface area (TPSA) is 74.5 Å². The number of hydrogen-bond acceptors (Lipinski definition) is 4. The molecule has 0 saturated heterocycles. The number of fused-ring (bicyclic) bond motifs is 3. The molecule has 1 aliphatic rings. The molecule has 0 spiro atoms. The molecule has 1 aliphatic heterocycles. The van der Waals surface area contributed by atoms with Gasteiger partial charge in [-0.3, -0.25) is 14.3 Å². The van der Waals surface area contributed by atoms with Gasteiger partial charge in [0.25, 0.3) is 0 Å². The van der Waals surface area contributed by atoms with Crippen molar-refractivity contribution in [2.45, 2.75) is 39.8 Å². The zero-order chi connectivity index (χ0) is 16.1. The van der Waals surface area contributed by atoms with Crippen molar-refractivity contribution in [1.29, 1.82) is 0 Å². The third-order valence-electron chi connectivity index (χ3n) is 4.30. The lowest BCUT2D eigenvalue weighted by Gasteiger charge is -2.18. The highest BCUT2D eigenvalue weighted by atomic mass is 15.4. The standard InChI is InChI=1S/C17H20N6/c1-10(2)23-17-13(6-7-22-14(17)8-15(18)20-22)16(21-23)12-5-4-11(3)19-9-12/h4-5,8-10H,6-7H2,1-3H3,(H2,18,20). The van der Waals surface area contributed by atoms with Crippen LogP contribution in [0.2, 0.25) is 0 Å². The Hall–Kier alpha value is -2.63. The second kappa shape index (κ2) is 4.94. The van der Waals surface area contributed by atoms with Crippen LogP contribution in [0.25, 0.3) is 22.6 Å². The van der Waals surface area contributed by atoms with Gasteiger partial charge >= 0.3 is 0 Å². The molecule has 6 heteroatoms. The molecule has 23 heavy (non-hydrogen) atoms. The van der Waals surface area contributed by atoms with E-state index >= 15 is 0 Å². The Bertz CT molecular complexity index is 869. The lowest BCUT2D eigenvalue weighted by Crippen LogP contribution is -2.15. The number of aryl methyl sites for hydroxylation is 2. The molecular formula is C17H20N6. The van der Waals surface area contributed by atoms with Crippen molar-refractivity contribution in [3.8, 4) is 22.6 Å². The Morgan fingerprint density at radius 3 is 2.74 bits per heavy atom. The van der Waals surface area contributed by atoms with Gasteiger partial charge in [-0.15, -0.1) is 0 Å². The highest BCUT2D eigenvalue weighted by Gasteiger charge is 2.28. The first kappa shape index (κ1) is 14.0. The van der Waals surface area contributed by atoms with Crippen molar-refractivity contribution < 1.29 is 0 Å². The molecule has 6 nitrogen and oxygen atoms in total. The predicted molar refractivity (Wildman–Crippen MR) is 89.9 cm³/mol. The zero-order valence-electron chi connectivity index (χ0n) is 13.6. The number of nitrogen functional groups attached to an aromatic ring is 1. The van der Waals surface area contributed by atoms with Crippen LogP contribution in [0.4, 0.5) is 5.82 Å². The first-order valence-corrected chi connectivity index (χ1v) is 7.92. The lowest BCUT2D eigenvalue weighted by atomic mass is 10.00. The van der Waals surface area contributed by atoms with E-state index in [0.29, 0.717) is 5.82 Å². The summed E-state index contributed by atoms with van der Waals surface area (Å²) >= 11 is 0. The van der Waals surface area contributed by atoms with Crippen LogP contribution in [0.15, 0.2) is 24.4 Å². The van der Waals surface area contributed by atoms with Crippen LogP contribution in [-0.2, 0) is 13.0 Å². The monoisotopic (exact) mass is 308 g/mol. The molecule has 0 bridgehead atoms. The number of pyridine rings is 1. The van der Waals surface area contributed by atoms with Gasteiger partial charge in [0.1, 0.15) is 5.82 Å². The van der Waals surface area contributed by atoms with Crippen molar-refractivity contribution in [3.05, 3.63) is 35.7 Å². The fourth-order valence-corrected chi connectivity index (χ4v) is 3.21. The summed E-state index contributed by atoms with van der Waals surface area (Å²) in [5.41, 5.74) is 12.4. The second-order valence-electron chi connectivity index (χ2n) is 6.33. The van der Waals surface area contributed by atoms with Crippen molar-refractivity contribution in [1.82, 2.24) is 24.5 Å². The number of nitrogens with zero attached hydrogens (tertiary/aromatic N) is 5. The summed E-state index contributed by atoms with van der Waals surface area (Å²) in [7, 11) is 0. The van der Waals surface area contributed by atoms with Gasteiger partial charge in [-0.25, -0.2) is 0 Å². The van der Waals surface area contributed by atoms with Gasteiger partial charge in [-0.1, -0.05) is 0 Å². The summed E-state index contributed by atoms with van der Waals surface area (Å²) in [6, 6.07) is 6.32. The molecule has 0 saturated carbocycles. The average molecular weight is 308 g/mol. The van der Waals surface area contributed by atoms with Gasteiger partial charge in [0.2, 0.25) is 0 Å². The van der Waals surface area contributed by atoms with E-state index in [0.717, 1.165) is 41.3 Å². The summed E-state index contributed by atoms with van der Waals surface area (Å²) in [4.78, 5) is 4.42. The van der Waals surface area contributed by atoms with E-state index in [2.05, 4.69) is 34.7 Å². The van der Waals surface area contributed by atoms with E-state index in [9.17, 15) is 0 Å². The Balaban J connectivity index is 1.96. The first-order valence-electron chi connectivity index (χ1n) is 7.92. The highest BCUT2D eigenvalue weighted by molar-refractivity contribution is 5.75. The van der Waals surface area contributed by atoms with Crippen LogP contribution in [0.5, 0.6) is 0 Å². The van der Waals surface area contributed by atoms with Gasteiger partial charge in [0.15, 0.2) is 0 Å². The Kier molecular flexibility index (Phi) is 3.01. The van der Waals surface area contributed by atoms with Crippen molar-refractivity contribution in [2.24, 2.45) is 0 Å². The molecule has 0 unspecified atom stereocenters. The van der Waals surface area contributed by atoms with E-state index < -0.39 is 0 Å². The predicted octanol–water partition coefficient (Wildman–Crippen LogP) is 2.84. The number of hydrogen-bond donors (Lipinski definition) is 1. The Labute approximate surface area is 135 Å². The van der Waals surface area contributed by atoms with Gasteiger partial charge in [-0.2, -0.15) is 10.2 Å². The van der Waals surface area contributed by atoms with Crippen LogP contribution in [-0.4, -0.2) is 24.5 Å². The maximum atomic E-state index is 5.90. The lowest BCUT2D eigenvalue weighted by molar-refractivity contribution is 0.528. The molecule has 4 heterocycles. The Morgan fingerprint density at radius 1 is 1.22 bits per heavy atom. The minimum absolute atomic E-state index is 0.263. The van der Waals surface area contributed by atoms with Crippen LogP contribution in [0.3, 0.4) is 0 Å². The summed E-state index contributed by atoms with van der Waals surface area (Å²) in [6.45, 7) is 7.11. The molecule has 3 aromatic rings. The fourth-order valence-electron chi connectivity index (χ4n) is 3.21. The number of anilines is 1. The van der Waals surface area contributed by atoms with E-state index in [-0.39, 0.29) is 6.04 Å². The maximum absolute atomic E-state index is 5.90. The molecule has 0 atom stereocenters. The third kappa shape index (κ3) is 2.13. The molecule has 118 valence electrons. The van der Waals surface area contributed by atoms with E-state index in [1.807, 2.05) is 29.9 Å². The van der Waals surface area contributed by atoms with Crippen molar-refractivity contribution in [2.75, 3.05) is 5.73 Å². The summed E-state index contributed by atoms with van der Waals surface area (Å²) in [5.74, 6) is 0.558. The smallest absolute Gasteiger partial charge is 0.146 e. The van der Waals surface area contributed by atoms with E-state index in [1.165, 1.54) is 5.56 Å².